The molecule has 0 aliphatic carbocycles. The van der Waals surface area contributed by atoms with E-state index < -0.39 is 17.6 Å². The molecule has 0 unspecified atom stereocenters. The summed E-state index contributed by atoms with van der Waals surface area (Å²) in [5.41, 5.74) is 0.281. The van der Waals surface area contributed by atoms with Gasteiger partial charge in [-0.3, -0.25) is 9.36 Å². The molecular weight excluding hydrogens is 483 g/mol. The van der Waals surface area contributed by atoms with E-state index in [1.54, 1.807) is 34.9 Å². The van der Waals surface area contributed by atoms with Crippen LogP contribution in [-0.4, -0.2) is 45.9 Å². The lowest BCUT2D eigenvalue weighted by Crippen LogP contribution is -2.27. The molecular formula is C23H20F3N5O3S. The molecule has 0 bridgehead atoms. The van der Waals surface area contributed by atoms with Crippen LogP contribution in [0.25, 0.3) is 17.1 Å². The van der Waals surface area contributed by atoms with Crippen molar-refractivity contribution in [3.05, 3.63) is 78.0 Å². The Labute approximate surface area is 202 Å². The highest BCUT2D eigenvalue weighted by Gasteiger charge is 2.31. The average Bonchev–Trinajstić information content (AvgIpc) is 3.50. The van der Waals surface area contributed by atoms with Gasteiger partial charge >= 0.3 is 6.18 Å². The first-order valence-corrected chi connectivity index (χ1v) is 11.4. The summed E-state index contributed by atoms with van der Waals surface area (Å²) in [4.78, 5) is 16.3. The summed E-state index contributed by atoms with van der Waals surface area (Å²) in [6.07, 6.45) is -3.26. The van der Waals surface area contributed by atoms with Crippen molar-refractivity contribution in [2.45, 2.75) is 17.1 Å². The zero-order valence-electron chi connectivity index (χ0n) is 18.5. The number of hydrogen-bond acceptors (Lipinski definition) is 7. The van der Waals surface area contributed by atoms with Crippen LogP contribution < -0.4 is 5.32 Å². The Morgan fingerprint density at radius 1 is 1.14 bits per heavy atom. The minimum absolute atomic E-state index is 0.112. The first kappa shape index (κ1) is 24.5. The van der Waals surface area contributed by atoms with Crippen molar-refractivity contribution in [3.63, 3.8) is 0 Å². The van der Waals surface area contributed by atoms with Crippen molar-refractivity contribution in [1.82, 2.24) is 25.1 Å². The molecule has 1 N–H and O–H groups in total. The van der Waals surface area contributed by atoms with Gasteiger partial charge in [0.1, 0.15) is 6.26 Å². The number of benzene rings is 2. The lowest BCUT2D eigenvalue weighted by atomic mass is 10.1. The second-order valence-corrected chi connectivity index (χ2v) is 8.16. The van der Waals surface area contributed by atoms with Crippen LogP contribution in [-0.2, 0) is 16.7 Å². The summed E-state index contributed by atoms with van der Waals surface area (Å²) in [5.74, 6) is 0.419. The predicted octanol–water partition coefficient (Wildman–Crippen LogP) is 4.61. The molecule has 0 saturated carbocycles. The first-order valence-electron chi connectivity index (χ1n) is 10.4. The maximum absolute atomic E-state index is 13.4. The third kappa shape index (κ3) is 5.89. The van der Waals surface area contributed by atoms with E-state index in [2.05, 4.69) is 20.5 Å². The van der Waals surface area contributed by atoms with Gasteiger partial charge in [-0.1, -0.05) is 48.2 Å². The number of hydrogen-bond donors (Lipinski definition) is 1. The number of thioether (sulfide) groups is 1. The minimum Gasteiger partial charge on any atom is -0.447 e. The monoisotopic (exact) mass is 503 g/mol. The molecule has 2 heterocycles. The smallest absolute Gasteiger partial charge is 0.416 e. The zero-order chi connectivity index (χ0) is 24.8. The molecule has 4 rings (SSSR count). The van der Waals surface area contributed by atoms with Gasteiger partial charge in [0.15, 0.2) is 16.7 Å². The summed E-state index contributed by atoms with van der Waals surface area (Å²) in [6.45, 7) is 0.690. The van der Waals surface area contributed by atoms with Crippen molar-refractivity contribution in [2.75, 3.05) is 20.3 Å². The second-order valence-electron chi connectivity index (χ2n) is 7.22. The standard InChI is InChI=1S/C23H20F3N5O3S/c1-33-11-10-27-21(32)18-13-34-19(28-18)14-35-22-30-29-20(15-6-3-2-4-7-15)31(22)17-9-5-8-16(12-17)23(24,25)26/h2-9,12-13H,10-11,14H2,1H3,(H,27,32). The third-order valence-corrected chi connectivity index (χ3v) is 5.71. The van der Waals surface area contributed by atoms with Crippen LogP contribution in [0.1, 0.15) is 21.9 Å². The number of nitrogens with one attached hydrogen (secondary N) is 1. The summed E-state index contributed by atoms with van der Waals surface area (Å²) in [7, 11) is 1.53. The SMILES string of the molecule is COCCNC(=O)c1coc(CSc2nnc(-c3ccccc3)n2-c2cccc(C(F)(F)F)c2)n1. The summed E-state index contributed by atoms with van der Waals surface area (Å²) in [6, 6.07) is 14.0. The highest BCUT2D eigenvalue weighted by Crippen LogP contribution is 2.34. The van der Waals surface area contributed by atoms with Gasteiger partial charge in [0.25, 0.3) is 5.91 Å². The zero-order valence-corrected chi connectivity index (χ0v) is 19.3. The van der Waals surface area contributed by atoms with Crippen molar-refractivity contribution >= 4 is 17.7 Å². The molecule has 4 aromatic rings. The number of rotatable bonds is 9. The molecule has 0 aliphatic heterocycles. The van der Waals surface area contributed by atoms with Gasteiger partial charge in [-0.25, -0.2) is 4.98 Å². The van der Waals surface area contributed by atoms with Crippen LogP contribution in [0.15, 0.2) is 70.4 Å². The van der Waals surface area contributed by atoms with Crippen LogP contribution in [0.2, 0.25) is 0 Å². The maximum atomic E-state index is 13.4. The number of amides is 1. The summed E-state index contributed by atoms with van der Waals surface area (Å²) < 4.78 is 51.9. The molecule has 0 spiro atoms. The summed E-state index contributed by atoms with van der Waals surface area (Å²) in [5, 5.41) is 11.4. The van der Waals surface area contributed by atoms with Crippen molar-refractivity contribution in [3.8, 4) is 17.1 Å². The number of oxazole rings is 1. The van der Waals surface area contributed by atoms with Gasteiger partial charge in [0.2, 0.25) is 5.89 Å². The van der Waals surface area contributed by atoms with Gasteiger partial charge in [-0.15, -0.1) is 10.2 Å². The quantitative estimate of drug-likeness (QED) is 0.263. The van der Waals surface area contributed by atoms with Crippen molar-refractivity contribution < 1.29 is 27.1 Å². The van der Waals surface area contributed by atoms with Crippen LogP contribution in [0.3, 0.4) is 0 Å². The lowest BCUT2D eigenvalue weighted by Gasteiger charge is -2.13. The molecule has 0 aliphatic rings. The van der Waals surface area contributed by atoms with Gasteiger partial charge in [-0.2, -0.15) is 13.2 Å². The molecule has 0 atom stereocenters. The van der Waals surface area contributed by atoms with E-state index in [0.29, 0.717) is 29.7 Å². The van der Waals surface area contributed by atoms with E-state index in [9.17, 15) is 18.0 Å². The van der Waals surface area contributed by atoms with Crippen LogP contribution >= 0.6 is 11.8 Å². The van der Waals surface area contributed by atoms with Crippen molar-refractivity contribution in [1.29, 1.82) is 0 Å². The Hall–Kier alpha value is -3.64. The third-order valence-electron chi connectivity index (χ3n) is 4.80. The van der Waals surface area contributed by atoms with Crippen molar-refractivity contribution in [2.24, 2.45) is 0 Å². The first-order chi connectivity index (χ1) is 16.9. The van der Waals surface area contributed by atoms with E-state index in [0.717, 1.165) is 12.1 Å². The van der Waals surface area contributed by atoms with E-state index in [-0.39, 0.29) is 23.0 Å². The topological polar surface area (TPSA) is 95.1 Å². The normalized spacial score (nSPS) is 11.5. The molecule has 0 radical (unpaired) electrons. The largest absolute Gasteiger partial charge is 0.447 e. The Morgan fingerprint density at radius 3 is 2.69 bits per heavy atom. The predicted molar refractivity (Wildman–Crippen MR) is 122 cm³/mol. The second kappa shape index (κ2) is 10.7. The maximum Gasteiger partial charge on any atom is 0.416 e. The Kier molecular flexibility index (Phi) is 7.51. The van der Waals surface area contributed by atoms with Gasteiger partial charge in [0, 0.05) is 19.2 Å². The number of halogens is 3. The number of carbonyl (C=O) groups excluding carboxylic acids is 1. The number of nitrogens with zero attached hydrogens (tertiary/aromatic N) is 4. The summed E-state index contributed by atoms with van der Waals surface area (Å²) >= 11 is 1.17. The van der Waals surface area contributed by atoms with E-state index >= 15 is 0 Å². The molecule has 0 saturated heterocycles. The number of ether oxygens (including phenoxy) is 1. The molecule has 1 amide bonds. The Balaban J connectivity index is 1.61. The molecule has 0 fully saturated rings. The Bertz CT molecular complexity index is 1290. The van der Waals surface area contributed by atoms with E-state index in [1.807, 2.05) is 6.07 Å². The molecule has 8 nitrogen and oxygen atoms in total. The highest BCUT2D eigenvalue weighted by molar-refractivity contribution is 7.98. The number of alkyl halides is 3. The number of carbonyl (C=O) groups is 1. The van der Waals surface area contributed by atoms with Crippen LogP contribution in [0.4, 0.5) is 13.2 Å². The Morgan fingerprint density at radius 2 is 1.94 bits per heavy atom. The fraction of sp³-hybridized carbons (Fsp3) is 0.217. The number of aromatic nitrogens is 4. The fourth-order valence-corrected chi connectivity index (χ4v) is 3.96. The van der Waals surface area contributed by atoms with E-state index in [4.69, 9.17) is 9.15 Å². The minimum atomic E-state index is -4.50. The molecule has 35 heavy (non-hydrogen) atoms. The molecule has 182 valence electrons. The average molecular weight is 504 g/mol. The van der Waals surface area contributed by atoms with E-state index in [1.165, 1.54) is 31.2 Å². The van der Waals surface area contributed by atoms with Crippen LogP contribution in [0.5, 0.6) is 0 Å². The molecule has 2 aromatic heterocycles. The van der Waals surface area contributed by atoms with Gasteiger partial charge < -0.3 is 14.5 Å². The highest BCUT2D eigenvalue weighted by atomic mass is 32.2. The molecule has 12 heteroatoms. The molecule has 2 aromatic carbocycles. The van der Waals surface area contributed by atoms with Gasteiger partial charge in [0.05, 0.1) is 23.6 Å². The number of methoxy groups -OCH3 is 1. The van der Waals surface area contributed by atoms with Crippen LogP contribution in [0, 0.1) is 0 Å². The van der Waals surface area contributed by atoms with Gasteiger partial charge in [-0.05, 0) is 18.2 Å². The fourth-order valence-electron chi connectivity index (χ4n) is 3.16. The lowest BCUT2D eigenvalue weighted by molar-refractivity contribution is -0.137.